The number of carbonyl (C=O) groups is 2. The van der Waals surface area contributed by atoms with Gasteiger partial charge >= 0.3 is 18.1 Å². The summed E-state index contributed by atoms with van der Waals surface area (Å²) in [7, 11) is 0. The number of ether oxygens (including phenoxy) is 1. The SMILES string of the molecule is N[C@@H]1CCC[C@H](C(=O)OC(=O)C(F)(F)F)C1. The molecule has 4 nitrogen and oxygen atoms in total. The van der Waals surface area contributed by atoms with E-state index in [0.29, 0.717) is 12.8 Å². The summed E-state index contributed by atoms with van der Waals surface area (Å²) in [5.41, 5.74) is 5.56. The van der Waals surface area contributed by atoms with Crippen LogP contribution in [0.4, 0.5) is 13.2 Å². The predicted molar refractivity (Wildman–Crippen MR) is 47.1 cm³/mol. The van der Waals surface area contributed by atoms with Gasteiger partial charge in [0.2, 0.25) is 0 Å². The second-order valence-electron chi connectivity index (χ2n) is 3.83. The van der Waals surface area contributed by atoms with Crippen LogP contribution in [0.25, 0.3) is 0 Å². The van der Waals surface area contributed by atoms with Gasteiger partial charge in [0.25, 0.3) is 0 Å². The normalized spacial score (nSPS) is 26.2. The summed E-state index contributed by atoms with van der Waals surface area (Å²) in [4.78, 5) is 21.6. The molecule has 1 saturated carbocycles. The minimum absolute atomic E-state index is 0.215. The Hall–Kier alpha value is -1.11. The van der Waals surface area contributed by atoms with E-state index in [-0.39, 0.29) is 12.5 Å². The third-order valence-electron chi connectivity index (χ3n) is 2.47. The molecule has 1 fully saturated rings. The molecule has 0 aliphatic heterocycles. The molecule has 7 heteroatoms. The minimum Gasteiger partial charge on any atom is -0.386 e. The molecule has 0 radical (unpaired) electrons. The van der Waals surface area contributed by atoms with Crippen molar-refractivity contribution in [3.63, 3.8) is 0 Å². The number of esters is 2. The second-order valence-corrected chi connectivity index (χ2v) is 3.83. The highest BCUT2D eigenvalue weighted by molar-refractivity contribution is 5.89. The van der Waals surface area contributed by atoms with Gasteiger partial charge < -0.3 is 10.5 Å². The van der Waals surface area contributed by atoms with Gasteiger partial charge in [-0.2, -0.15) is 13.2 Å². The first-order chi connectivity index (χ1) is 7.30. The first-order valence-corrected chi connectivity index (χ1v) is 4.89. The van der Waals surface area contributed by atoms with Crippen LogP contribution in [-0.4, -0.2) is 24.2 Å². The van der Waals surface area contributed by atoms with E-state index in [1.54, 1.807) is 0 Å². The van der Waals surface area contributed by atoms with E-state index in [1.807, 2.05) is 0 Å². The number of halogens is 3. The summed E-state index contributed by atoms with van der Waals surface area (Å²) in [6.45, 7) is 0. The molecule has 16 heavy (non-hydrogen) atoms. The van der Waals surface area contributed by atoms with Crippen LogP contribution in [0.2, 0.25) is 0 Å². The van der Waals surface area contributed by atoms with Gasteiger partial charge in [-0.05, 0) is 19.3 Å². The van der Waals surface area contributed by atoms with Crippen LogP contribution in [0, 0.1) is 5.92 Å². The van der Waals surface area contributed by atoms with Crippen molar-refractivity contribution in [2.75, 3.05) is 0 Å². The molecule has 0 spiro atoms. The lowest BCUT2D eigenvalue weighted by Gasteiger charge is -2.24. The number of carbonyl (C=O) groups excluding carboxylic acids is 2. The average molecular weight is 239 g/mol. The minimum atomic E-state index is -5.13. The summed E-state index contributed by atoms with van der Waals surface area (Å²) in [5, 5.41) is 0. The van der Waals surface area contributed by atoms with Crippen LogP contribution in [0.1, 0.15) is 25.7 Å². The Kier molecular flexibility index (Phi) is 3.90. The molecule has 0 heterocycles. The molecular formula is C9H12F3NO3. The molecule has 1 rings (SSSR count). The monoisotopic (exact) mass is 239 g/mol. The molecule has 0 aromatic carbocycles. The summed E-state index contributed by atoms with van der Waals surface area (Å²) >= 11 is 0. The van der Waals surface area contributed by atoms with Gasteiger partial charge in [0, 0.05) is 6.04 Å². The van der Waals surface area contributed by atoms with Crippen molar-refractivity contribution in [3.8, 4) is 0 Å². The van der Waals surface area contributed by atoms with E-state index in [2.05, 4.69) is 4.74 Å². The molecule has 0 aromatic rings. The van der Waals surface area contributed by atoms with Crippen LogP contribution in [0.15, 0.2) is 0 Å². The van der Waals surface area contributed by atoms with Crippen LogP contribution < -0.4 is 5.73 Å². The van der Waals surface area contributed by atoms with Crippen LogP contribution in [0.3, 0.4) is 0 Å². The van der Waals surface area contributed by atoms with E-state index >= 15 is 0 Å². The third kappa shape index (κ3) is 3.48. The fraction of sp³-hybridized carbons (Fsp3) is 0.778. The molecule has 2 N–H and O–H groups in total. The van der Waals surface area contributed by atoms with Gasteiger partial charge in [0.1, 0.15) is 0 Å². The van der Waals surface area contributed by atoms with Crippen molar-refractivity contribution in [1.29, 1.82) is 0 Å². The maximum absolute atomic E-state index is 11.8. The first-order valence-electron chi connectivity index (χ1n) is 4.89. The Morgan fingerprint density at radius 2 is 1.88 bits per heavy atom. The Morgan fingerprint density at radius 3 is 2.38 bits per heavy atom. The van der Waals surface area contributed by atoms with Crippen molar-refractivity contribution in [3.05, 3.63) is 0 Å². The highest BCUT2D eigenvalue weighted by Crippen LogP contribution is 2.25. The molecule has 0 amide bonds. The zero-order valence-corrected chi connectivity index (χ0v) is 8.42. The van der Waals surface area contributed by atoms with Crippen molar-refractivity contribution in [2.24, 2.45) is 11.7 Å². The zero-order valence-electron chi connectivity index (χ0n) is 8.42. The Bertz CT molecular complexity index is 290. The number of hydrogen-bond acceptors (Lipinski definition) is 4. The Morgan fingerprint density at radius 1 is 1.25 bits per heavy atom. The molecule has 1 aliphatic carbocycles. The van der Waals surface area contributed by atoms with Gasteiger partial charge in [-0.15, -0.1) is 0 Å². The lowest BCUT2D eigenvalue weighted by Crippen LogP contribution is -2.36. The second kappa shape index (κ2) is 4.82. The fourth-order valence-electron chi connectivity index (χ4n) is 1.67. The largest absolute Gasteiger partial charge is 0.491 e. The lowest BCUT2D eigenvalue weighted by molar-refractivity contribution is -0.203. The van der Waals surface area contributed by atoms with E-state index in [9.17, 15) is 22.8 Å². The van der Waals surface area contributed by atoms with Crippen molar-refractivity contribution in [2.45, 2.75) is 37.9 Å². The maximum atomic E-state index is 11.8. The molecule has 0 unspecified atom stereocenters. The van der Waals surface area contributed by atoms with Crippen LogP contribution >= 0.6 is 0 Å². The van der Waals surface area contributed by atoms with Crippen molar-refractivity contribution >= 4 is 11.9 Å². The summed E-state index contributed by atoms with van der Waals surface area (Å²) in [6.07, 6.45) is -3.06. The molecule has 2 atom stereocenters. The molecule has 1 aliphatic rings. The third-order valence-corrected chi connectivity index (χ3v) is 2.47. The Balaban J connectivity index is 2.49. The summed E-state index contributed by atoms with van der Waals surface area (Å²) in [5.74, 6) is -4.29. The highest BCUT2D eigenvalue weighted by atomic mass is 19.4. The van der Waals surface area contributed by atoms with Gasteiger partial charge in [0.15, 0.2) is 0 Å². The number of nitrogens with two attached hydrogens (primary N) is 1. The summed E-state index contributed by atoms with van der Waals surface area (Å²) in [6, 6.07) is -0.215. The molecular weight excluding hydrogens is 227 g/mol. The van der Waals surface area contributed by atoms with Gasteiger partial charge in [-0.25, -0.2) is 4.79 Å². The van der Waals surface area contributed by atoms with Crippen molar-refractivity contribution in [1.82, 2.24) is 0 Å². The van der Waals surface area contributed by atoms with E-state index in [1.165, 1.54) is 0 Å². The Labute approximate surface area is 89.9 Å². The molecule has 0 saturated heterocycles. The van der Waals surface area contributed by atoms with E-state index in [4.69, 9.17) is 5.73 Å². The first kappa shape index (κ1) is 13.0. The molecule has 0 bridgehead atoms. The number of rotatable bonds is 1. The topological polar surface area (TPSA) is 69.4 Å². The number of alkyl halides is 3. The zero-order chi connectivity index (χ0) is 12.3. The van der Waals surface area contributed by atoms with E-state index < -0.39 is 24.0 Å². The summed E-state index contributed by atoms with van der Waals surface area (Å²) < 4.78 is 39.1. The smallest absolute Gasteiger partial charge is 0.386 e. The quantitative estimate of drug-likeness (QED) is 0.550. The van der Waals surface area contributed by atoms with Crippen molar-refractivity contribution < 1.29 is 27.5 Å². The van der Waals surface area contributed by atoms with Crippen LogP contribution in [-0.2, 0) is 14.3 Å². The van der Waals surface area contributed by atoms with Gasteiger partial charge in [0.05, 0.1) is 5.92 Å². The molecule has 92 valence electrons. The fourth-order valence-corrected chi connectivity index (χ4v) is 1.67. The lowest BCUT2D eigenvalue weighted by atomic mass is 9.86. The predicted octanol–water partition coefficient (Wildman–Crippen LogP) is 1.14. The van der Waals surface area contributed by atoms with E-state index in [0.717, 1.165) is 6.42 Å². The van der Waals surface area contributed by atoms with Crippen LogP contribution in [0.5, 0.6) is 0 Å². The standard InChI is InChI=1S/C9H12F3NO3/c10-9(11,12)8(15)16-7(14)5-2-1-3-6(13)4-5/h5-6H,1-4,13H2/t5-,6+/m0/s1. The maximum Gasteiger partial charge on any atom is 0.491 e. The highest BCUT2D eigenvalue weighted by Gasteiger charge is 2.43. The number of hydrogen-bond donors (Lipinski definition) is 1. The van der Waals surface area contributed by atoms with Gasteiger partial charge in [-0.3, -0.25) is 4.79 Å². The van der Waals surface area contributed by atoms with Gasteiger partial charge in [-0.1, -0.05) is 6.42 Å². The molecule has 0 aromatic heterocycles. The average Bonchev–Trinajstić information content (AvgIpc) is 2.16.